The van der Waals surface area contributed by atoms with Crippen LogP contribution >= 0.6 is 11.6 Å². The first kappa shape index (κ1) is 18.7. The monoisotopic (exact) mass is 390 g/mol. The Morgan fingerprint density at radius 1 is 0.964 bits per heavy atom. The minimum absolute atomic E-state index is 0.608. The first-order chi connectivity index (χ1) is 13.8. The third-order valence-corrected chi connectivity index (χ3v) is 5.36. The fourth-order valence-electron chi connectivity index (χ4n) is 3.78. The van der Waals surface area contributed by atoms with Crippen LogP contribution < -0.4 is 9.75 Å². The Hall–Kier alpha value is -2.67. The van der Waals surface area contributed by atoms with Gasteiger partial charge in [-0.1, -0.05) is 47.9 Å². The molecule has 0 unspecified atom stereocenters. The number of hydrogen-bond donors (Lipinski definition) is 0. The van der Waals surface area contributed by atoms with E-state index in [1.807, 2.05) is 36.4 Å². The van der Waals surface area contributed by atoms with Crippen LogP contribution in [0.25, 0.3) is 10.8 Å². The molecule has 1 heterocycles. The molecule has 1 saturated heterocycles. The zero-order valence-corrected chi connectivity index (χ0v) is 16.5. The SMILES string of the molecule is C#Cc1ccc(N2CCCCN2CCOc2cccc(Cl)c2)c2ccccc12. The van der Waals surface area contributed by atoms with Crippen molar-refractivity contribution in [2.24, 2.45) is 0 Å². The Kier molecular flexibility index (Phi) is 5.71. The Morgan fingerprint density at radius 2 is 1.79 bits per heavy atom. The molecule has 0 atom stereocenters. The van der Waals surface area contributed by atoms with E-state index < -0.39 is 0 Å². The summed E-state index contributed by atoms with van der Waals surface area (Å²) in [6, 6.07) is 20.1. The molecule has 0 bridgehead atoms. The van der Waals surface area contributed by atoms with Gasteiger partial charge in [-0.2, -0.15) is 0 Å². The molecular formula is C24H23ClN2O. The highest BCUT2D eigenvalue weighted by molar-refractivity contribution is 6.30. The van der Waals surface area contributed by atoms with Crippen molar-refractivity contribution < 1.29 is 4.74 Å². The molecule has 0 aromatic heterocycles. The fourth-order valence-corrected chi connectivity index (χ4v) is 3.96. The van der Waals surface area contributed by atoms with E-state index >= 15 is 0 Å². The number of anilines is 1. The second-order valence-corrected chi connectivity index (χ2v) is 7.35. The number of halogens is 1. The van der Waals surface area contributed by atoms with E-state index in [1.54, 1.807) is 0 Å². The lowest BCUT2D eigenvalue weighted by Crippen LogP contribution is -2.49. The molecule has 0 N–H and O–H groups in total. The van der Waals surface area contributed by atoms with Gasteiger partial charge in [-0.05, 0) is 48.6 Å². The lowest BCUT2D eigenvalue weighted by molar-refractivity contribution is 0.172. The maximum Gasteiger partial charge on any atom is 0.120 e. The summed E-state index contributed by atoms with van der Waals surface area (Å²) in [6.45, 7) is 3.44. The van der Waals surface area contributed by atoms with Crippen molar-refractivity contribution in [2.45, 2.75) is 12.8 Å². The van der Waals surface area contributed by atoms with Gasteiger partial charge >= 0.3 is 0 Å². The Balaban J connectivity index is 1.54. The van der Waals surface area contributed by atoms with Gasteiger partial charge in [0.2, 0.25) is 0 Å². The minimum atomic E-state index is 0.608. The summed E-state index contributed by atoms with van der Waals surface area (Å²) < 4.78 is 5.92. The zero-order chi connectivity index (χ0) is 19.3. The number of rotatable bonds is 5. The summed E-state index contributed by atoms with van der Waals surface area (Å²) in [4.78, 5) is 0. The molecule has 28 heavy (non-hydrogen) atoms. The van der Waals surface area contributed by atoms with Crippen LogP contribution in [0, 0.1) is 12.3 Å². The summed E-state index contributed by atoms with van der Waals surface area (Å²) in [6.07, 6.45) is 8.07. The average molecular weight is 391 g/mol. The molecule has 4 rings (SSSR count). The normalized spacial score (nSPS) is 14.8. The smallest absolute Gasteiger partial charge is 0.120 e. The maximum absolute atomic E-state index is 6.04. The maximum atomic E-state index is 6.04. The van der Waals surface area contributed by atoms with Gasteiger partial charge in [0.15, 0.2) is 0 Å². The first-order valence-corrected chi connectivity index (χ1v) is 10.0. The molecule has 1 fully saturated rings. The Morgan fingerprint density at radius 3 is 2.61 bits per heavy atom. The third-order valence-electron chi connectivity index (χ3n) is 5.13. The predicted octanol–water partition coefficient (Wildman–Crippen LogP) is 5.37. The van der Waals surface area contributed by atoms with Crippen molar-refractivity contribution in [3.05, 3.63) is 71.2 Å². The van der Waals surface area contributed by atoms with Crippen LogP contribution in [0.1, 0.15) is 18.4 Å². The molecule has 1 aliphatic rings. The summed E-state index contributed by atoms with van der Waals surface area (Å²) in [5.74, 6) is 3.61. The van der Waals surface area contributed by atoms with Crippen LogP contribution in [0.4, 0.5) is 5.69 Å². The van der Waals surface area contributed by atoms with E-state index in [-0.39, 0.29) is 0 Å². The number of benzene rings is 3. The van der Waals surface area contributed by atoms with Crippen LogP contribution in [-0.2, 0) is 0 Å². The lowest BCUT2D eigenvalue weighted by Gasteiger charge is -2.40. The van der Waals surface area contributed by atoms with Gasteiger partial charge < -0.3 is 9.75 Å². The number of terminal acetylenes is 1. The molecule has 0 radical (unpaired) electrons. The number of hydrogen-bond acceptors (Lipinski definition) is 3. The van der Waals surface area contributed by atoms with Gasteiger partial charge in [-0.25, -0.2) is 5.01 Å². The molecule has 142 valence electrons. The fraction of sp³-hybridized carbons (Fsp3) is 0.250. The molecular weight excluding hydrogens is 368 g/mol. The van der Waals surface area contributed by atoms with Crippen LogP contribution in [0.5, 0.6) is 5.75 Å². The molecule has 3 aromatic rings. The van der Waals surface area contributed by atoms with Gasteiger partial charge in [0.25, 0.3) is 0 Å². The molecule has 3 nitrogen and oxygen atoms in total. The molecule has 0 amide bonds. The summed E-state index contributed by atoms with van der Waals surface area (Å²) in [5, 5.41) is 7.78. The van der Waals surface area contributed by atoms with E-state index in [4.69, 9.17) is 22.8 Å². The van der Waals surface area contributed by atoms with Crippen LogP contribution in [0.2, 0.25) is 5.02 Å². The van der Waals surface area contributed by atoms with Crippen LogP contribution in [0.15, 0.2) is 60.7 Å². The van der Waals surface area contributed by atoms with Crippen molar-refractivity contribution in [2.75, 3.05) is 31.3 Å². The number of fused-ring (bicyclic) bond motifs is 1. The third kappa shape index (κ3) is 3.94. The molecule has 3 aromatic carbocycles. The van der Waals surface area contributed by atoms with E-state index in [0.717, 1.165) is 36.3 Å². The van der Waals surface area contributed by atoms with Gasteiger partial charge in [0.05, 0.1) is 12.2 Å². The minimum Gasteiger partial charge on any atom is -0.492 e. The van der Waals surface area contributed by atoms with E-state index in [0.29, 0.717) is 11.6 Å². The molecule has 0 spiro atoms. The quantitative estimate of drug-likeness (QED) is 0.544. The molecule has 0 saturated carbocycles. The van der Waals surface area contributed by atoms with Crippen LogP contribution in [-0.4, -0.2) is 31.3 Å². The van der Waals surface area contributed by atoms with Crippen molar-refractivity contribution in [1.82, 2.24) is 5.01 Å². The number of ether oxygens (including phenoxy) is 1. The summed E-state index contributed by atoms with van der Waals surface area (Å²) in [5.41, 5.74) is 2.14. The second kappa shape index (κ2) is 8.56. The van der Waals surface area contributed by atoms with Crippen molar-refractivity contribution in [3.63, 3.8) is 0 Å². The van der Waals surface area contributed by atoms with E-state index in [9.17, 15) is 0 Å². The Bertz CT molecular complexity index is 1010. The largest absolute Gasteiger partial charge is 0.492 e. The average Bonchev–Trinajstić information content (AvgIpc) is 2.73. The zero-order valence-electron chi connectivity index (χ0n) is 15.8. The van der Waals surface area contributed by atoms with Crippen molar-refractivity contribution in [3.8, 4) is 18.1 Å². The van der Waals surface area contributed by atoms with Gasteiger partial charge in [0.1, 0.15) is 12.4 Å². The molecule has 4 heteroatoms. The molecule has 1 aliphatic heterocycles. The lowest BCUT2D eigenvalue weighted by atomic mass is 10.0. The standard InChI is InChI=1S/C24H23ClN2O/c1-2-19-12-13-24(23-11-4-3-10-22(19)23)27-15-6-5-14-26(27)16-17-28-21-9-7-8-20(25)18-21/h1,3-4,7-13,18H,5-6,14-17H2. The van der Waals surface area contributed by atoms with E-state index in [1.165, 1.54) is 23.9 Å². The first-order valence-electron chi connectivity index (χ1n) is 9.65. The van der Waals surface area contributed by atoms with Gasteiger partial charge in [0, 0.05) is 29.1 Å². The second-order valence-electron chi connectivity index (χ2n) is 6.91. The van der Waals surface area contributed by atoms with Crippen molar-refractivity contribution >= 4 is 28.1 Å². The highest BCUT2D eigenvalue weighted by Gasteiger charge is 2.22. The Labute approximate surface area is 171 Å². The van der Waals surface area contributed by atoms with Crippen LogP contribution in [0.3, 0.4) is 0 Å². The van der Waals surface area contributed by atoms with E-state index in [2.05, 4.69) is 40.2 Å². The number of hydrazine groups is 1. The van der Waals surface area contributed by atoms with Crippen molar-refractivity contribution in [1.29, 1.82) is 0 Å². The summed E-state index contributed by atoms with van der Waals surface area (Å²) >= 11 is 6.04. The predicted molar refractivity (Wildman–Crippen MR) is 117 cm³/mol. The summed E-state index contributed by atoms with van der Waals surface area (Å²) in [7, 11) is 0. The highest BCUT2D eigenvalue weighted by atomic mass is 35.5. The van der Waals surface area contributed by atoms with Gasteiger partial charge in [-0.3, -0.25) is 0 Å². The topological polar surface area (TPSA) is 15.7 Å². The van der Waals surface area contributed by atoms with Gasteiger partial charge in [-0.15, -0.1) is 6.42 Å². The molecule has 0 aliphatic carbocycles. The highest BCUT2D eigenvalue weighted by Crippen LogP contribution is 2.31. The number of nitrogens with zero attached hydrogens (tertiary/aromatic N) is 2.